The standard InChI is InChI=1S/C18H18N2/c1-14(16-6-3-2-4-7-16)20-13-15-9-10-18-17(12-15)8-5-11-19-18/h2-12,14,20H,13H2,1H3/t14-/m1/s1. The van der Waals surface area contributed by atoms with Crippen molar-refractivity contribution in [1.29, 1.82) is 0 Å². The predicted octanol–water partition coefficient (Wildman–Crippen LogP) is 4.09. The van der Waals surface area contributed by atoms with E-state index in [1.54, 1.807) is 0 Å². The molecule has 2 aromatic carbocycles. The first-order valence-corrected chi connectivity index (χ1v) is 6.95. The van der Waals surface area contributed by atoms with Crippen LogP contribution in [0.2, 0.25) is 0 Å². The minimum Gasteiger partial charge on any atom is -0.306 e. The SMILES string of the molecule is C[C@@H](NCc1ccc2ncccc2c1)c1ccccc1. The van der Waals surface area contributed by atoms with E-state index in [-0.39, 0.29) is 0 Å². The zero-order chi connectivity index (χ0) is 13.8. The molecule has 3 rings (SSSR count). The van der Waals surface area contributed by atoms with Crippen LogP contribution in [0, 0.1) is 0 Å². The molecule has 0 unspecified atom stereocenters. The molecule has 3 aromatic rings. The summed E-state index contributed by atoms with van der Waals surface area (Å²) in [5.41, 5.74) is 3.65. The second-order valence-corrected chi connectivity index (χ2v) is 5.04. The summed E-state index contributed by atoms with van der Waals surface area (Å²) in [6, 6.07) is 21.4. The summed E-state index contributed by atoms with van der Waals surface area (Å²) in [4.78, 5) is 4.34. The summed E-state index contributed by atoms with van der Waals surface area (Å²) in [6.07, 6.45) is 1.83. The van der Waals surface area contributed by atoms with Gasteiger partial charge in [0, 0.05) is 24.2 Å². The molecule has 2 heteroatoms. The molecule has 20 heavy (non-hydrogen) atoms. The van der Waals surface area contributed by atoms with Crippen molar-refractivity contribution in [2.75, 3.05) is 0 Å². The van der Waals surface area contributed by atoms with Gasteiger partial charge in [-0.2, -0.15) is 0 Å². The van der Waals surface area contributed by atoms with Crippen LogP contribution < -0.4 is 5.32 Å². The fraction of sp³-hybridized carbons (Fsp3) is 0.167. The van der Waals surface area contributed by atoms with Crippen molar-refractivity contribution in [3.8, 4) is 0 Å². The minimum atomic E-state index is 0.348. The Hall–Kier alpha value is -2.19. The van der Waals surface area contributed by atoms with Gasteiger partial charge in [-0.3, -0.25) is 4.98 Å². The van der Waals surface area contributed by atoms with E-state index in [4.69, 9.17) is 0 Å². The first-order valence-electron chi connectivity index (χ1n) is 6.95. The second-order valence-electron chi connectivity index (χ2n) is 5.04. The van der Waals surface area contributed by atoms with Gasteiger partial charge in [0.2, 0.25) is 0 Å². The van der Waals surface area contributed by atoms with Crippen LogP contribution in [0.15, 0.2) is 66.9 Å². The molecule has 0 spiro atoms. The van der Waals surface area contributed by atoms with E-state index in [0.717, 1.165) is 12.1 Å². The number of nitrogens with one attached hydrogen (secondary N) is 1. The van der Waals surface area contributed by atoms with E-state index in [1.165, 1.54) is 16.5 Å². The van der Waals surface area contributed by atoms with Crippen LogP contribution in [0.5, 0.6) is 0 Å². The Kier molecular flexibility index (Phi) is 3.75. The van der Waals surface area contributed by atoms with Crippen molar-refractivity contribution in [2.45, 2.75) is 19.5 Å². The van der Waals surface area contributed by atoms with Gasteiger partial charge in [0.05, 0.1) is 5.52 Å². The highest BCUT2D eigenvalue weighted by molar-refractivity contribution is 5.78. The first kappa shape index (κ1) is 12.8. The number of nitrogens with zero attached hydrogens (tertiary/aromatic N) is 1. The van der Waals surface area contributed by atoms with Crippen LogP contribution in [-0.4, -0.2) is 4.98 Å². The number of fused-ring (bicyclic) bond motifs is 1. The molecular formula is C18H18N2. The van der Waals surface area contributed by atoms with E-state index in [0.29, 0.717) is 6.04 Å². The van der Waals surface area contributed by atoms with Crippen LogP contribution in [0.1, 0.15) is 24.1 Å². The third-order valence-corrected chi connectivity index (χ3v) is 3.58. The largest absolute Gasteiger partial charge is 0.306 e. The predicted molar refractivity (Wildman–Crippen MR) is 83.4 cm³/mol. The van der Waals surface area contributed by atoms with Crippen molar-refractivity contribution in [3.63, 3.8) is 0 Å². The fourth-order valence-corrected chi connectivity index (χ4v) is 2.37. The van der Waals surface area contributed by atoms with Crippen LogP contribution in [0.25, 0.3) is 10.9 Å². The molecule has 0 fully saturated rings. The first-order chi connectivity index (χ1) is 9.83. The van der Waals surface area contributed by atoms with Crippen molar-refractivity contribution in [1.82, 2.24) is 10.3 Å². The maximum Gasteiger partial charge on any atom is 0.0702 e. The van der Waals surface area contributed by atoms with Gasteiger partial charge in [-0.05, 0) is 36.2 Å². The van der Waals surface area contributed by atoms with Gasteiger partial charge in [0.1, 0.15) is 0 Å². The van der Waals surface area contributed by atoms with Gasteiger partial charge < -0.3 is 5.32 Å². The second kappa shape index (κ2) is 5.85. The topological polar surface area (TPSA) is 24.9 Å². The van der Waals surface area contributed by atoms with Crippen molar-refractivity contribution < 1.29 is 0 Å². The van der Waals surface area contributed by atoms with Crippen molar-refractivity contribution >= 4 is 10.9 Å². The average Bonchev–Trinajstić information content (AvgIpc) is 2.53. The van der Waals surface area contributed by atoms with Gasteiger partial charge >= 0.3 is 0 Å². The summed E-state index contributed by atoms with van der Waals surface area (Å²) >= 11 is 0. The molecule has 0 saturated carbocycles. The van der Waals surface area contributed by atoms with Crippen molar-refractivity contribution in [2.24, 2.45) is 0 Å². The lowest BCUT2D eigenvalue weighted by Crippen LogP contribution is -2.17. The van der Waals surface area contributed by atoms with Crippen LogP contribution in [0.4, 0.5) is 0 Å². The lowest BCUT2D eigenvalue weighted by Gasteiger charge is -2.14. The number of rotatable bonds is 4. The molecule has 1 atom stereocenters. The van der Waals surface area contributed by atoms with Gasteiger partial charge in [0.15, 0.2) is 0 Å². The van der Waals surface area contributed by atoms with E-state index >= 15 is 0 Å². The Morgan fingerprint density at radius 2 is 1.85 bits per heavy atom. The third-order valence-electron chi connectivity index (χ3n) is 3.58. The molecular weight excluding hydrogens is 244 g/mol. The Labute approximate surface area is 119 Å². The smallest absolute Gasteiger partial charge is 0.0702 e. The zero-order valence-electron chi connectivity index (χ0n) is 11.6. The Morgan fingerprint density at radius 3 is 2.70 bits per heavy atom. The van der Waals surface area contributed by atoms with E-state index in [1.807, 2.05) is 18.3 Å². The molecule has 1 aromatic heterocycles. The average molecular weight is 262 g/mol. The molecule has 1 N–H and O–H groups in total. The quantitative estimate of drug-likeness (QED) is 0.766. The lowest BCUT2D eigenvalue weighted by molar-refractivity contribution is 0.575. The number of hydrogen-bond acceptors (Lipinski definition) is 2. The van der Waals surface area contributed by atoms with Gasteiger partial charge in [-0.1, -0.05) is 42.5 Å². The van der Waals surface area contributed by atoms with E-state index in [2.05, 4.69) is 65.8 Å². The van der Waals surface area contributed by atoms with Crippen LogP contribution in [0.3, 0.4) is 0 Å². The molecule has 0 radical (unpaired) electrons. The fourth-order valence-electron chi connectivity index (χ4n) is 2.37. The molecule has 0 aliphatic carbocycles. The van der Waals surface area contributed by atoms with Gasteiger partial charge in [-0.25, -0.2) is 0 Å². The van der Waals surface area contributed by atoms with Crippen molar-refractivity contribution in [3.05, 3.63) is 78.0 Å². The van der Waals surface area contributed by atoms with Crippen LogP contribution >= 0.6 is 0 Å². The molecule has 100 valence electrons. The summed E-state index contributed by atoms with van der Waals surface area (Å²) < 4.78 is 0. The number of pyridine rings is 1. The highest BCUT2D eigenvalue weighted by Crippen LogP contribution is 2.15. The molecule has 0 bridgehead atoms. The Morgan fingerprint density at radius 1 is 1.00 bits per heavy atom. The maximum absolute atomic E-state index is 4.34. The molecule has 0 aliphatic rings. The number of aromatic nitrogens is 1. The highest BCUT2D eigenvalue weighted by Gasteiger charge is 2.04. The third kappa shape index (κ3) is 2.86. The molecule has 0 aliphatic heterocycles. The summed E-state index contributed by atoms with van der Waals surface area (Å²) in [7, 11) is 0. The van der Waals surface area contributed by atoms with Crippen LogP contribution in [-0.2, 0) is 6.54 Å². The Balaban J connectivity index is 1.70. The maximum atomic E-state index is 4.34. The van der Waals surface area contributed by atoms with E-state index < -0.39 is 0 Å². The lowest BCUT2D eigenvalue weighted by atomic mass is 10.1. The molecule has 1 heterocycles. The number of benzene rings is 2. The normalized spacial score (nSPS) is 12.4. The molecule has 2 nitrogen and oxygen atoms in total. The summed E-state index contributed by atoms with van der Waals surface area (Å²) in [5.74, 6) is 0. The highest BCUT2D eigenvalue weighted by atomic mass is 14.9. The monoisotopic (exact) mass is 262 g/mol. The van der Waals surface area contributed by atoms with Gasteiger partial charge in [0.25, 0.3) is 0 Å². The molecule has 0 amide bonds. The Bertz CT molecular complexity index is 692. The number of hydrogen-bond donors (Lipinski definition) is 1. The summed E-state index contributed by atoms with van der Waals surface area (Å²) in [6.45, 7) is 3.05. The van der Waals surface area contributed by atoms with E-state index in [9.17, 15) is 0 Å². The zero-order valence-corrected chi connectivity index (χ0v) is 11.6. The minimum absolute atomic E-state index is 0.348. The molecule has 0 saturated heterocycles. The summed E-state index contributed by atoms with van der Waals surface area (Å²) in [5, 5.41) is 4.75. The van der Waals surface area contributed by atoms with Gasteiger partial charge in [-0.15, -0.1) is 0 Å².